The molecule has 14 nitrogen and oxygen atoms in total. The Hall–Kier alpha value is -7.22. The summed E-state index contributed by atoms with van der Waals surface area (Å²) in [5, 5.41) is 19.7. The Balaban J connectivity index is 0.000000197. The highest BCUT2D eigenvalue weighted by atomic mass is 16.5. The topological polar surface area (TPSA) is 209 Å². The lowest BCUT2D eigenvalue weighted by Gasteiger charge is -2.03. The van der Waals surface area contributed by atoms with E-state index in [9.17, 15) is 14.7 Å². The summed E-state index contributed by atoms with van der Waals surface area (Å²) in [7, 11) is 5.19. The molecule has 0 saturated heterocycles. The molecule has 0 saturated carbocycles. The van der Waals surface area contributed by atoms with Gasteiger partial charge >= 0.3 is 0 Å². The first-order valence-electron chi connectivity index (χ1n) is 15.7. The van der Waals surface area contributed by atoms with E-state index in [2.05, 4.69) is 30.1 Å². The lowest BCUT2D eigenvalue weighted by Crippen LogP contribution is -2.10. The van der Waals surface area contributed by atoms with Crippen LogP contribution in [0.15, 0.2) is 97.1 Å². The third-order valence-electron chi connectivity index (χ3n) is 8.31. The third kappa shape index (κ3) is 6.93. The molecular formula is C39H40N10O4. The molecule has 8 aromatic rings. The number of amides is 2. The van der Waals surface area contributed by atoms with Crippen LogP contribution in [-0.2, 0) is 14.1 Å². The second-order valence-electron chi connectivity index (χ2n) is 11.6. The van der Waals surface area contributed by atoms with Crippen molar-refractivity contribution in [1.29, 1.82) is 0 Å². The van der Waals surface area contributed by atoms with Crippen molar-refractivity contribution < 1.29 is 19.4 Å². The molecule has 270 valence electrons. The maximum atomic E-state index is 11.4. The highest BCUT2D eigenvalue weighted by Crippen LogP contribution is 2.38. The minimum absolute atomic E-state index is 0. The number of aryl methyl sites for hydroxylation is 2. The summed E-state index contributed by atoms with van der Waals surface area (Å²) in [4.78, 5) is 38.2. The first-order chi connectivity index (χ1) is 24.6. The van der Waals surface area contributed by atoms with E-state index in [0.29, 0.717) is 50.9 Å². The lowest BCUT2D eigenvalue weighted by atomic mass is 10.1. The smallest absolute Gasteiger partial charge is 0.248 e. The molecule has 4 aromatic carbocycles. The normalized spacial score (nSPS) is 10.6. The number of H-pyrrole nitrogens is 2. The molecule has 0 radical (unpaired) electrons. The fourth-order valence-electron chi connectivity index (χ4n) is 5.86. The second-order valence-corrected chi connectivity index (χ2v) is 11.6. The fraction of sp³-hybridized carbons (Fsp3) is 0.128. The largest absolute Gasteiger partial charge is 0.504 e. The van der Waals surface area contributed by atoms with Crippen molar-refractivity contribution in [2.75, 3.05) is 7.11 Å². The number of nitrogens with one attached hydrogen (secondary N) is 2. The Morgan fingerprint density at radius 3 is 1.57 bits per heavy atom. The zero-order chi connectivity index (χ0) is 35.8. The molecule has 0 aliphatic heterocycles. The number of carbonyl (C=O) groups excluding carboxylic acids is 2. The number of aromatic amines is 2. The summed E-state index contributed by atoms with van der Waals surface area (Å²) < 4.78 is 8.95. The molecule has 53 heavy (non-hydrogen) atoms. The van der Waals surface area contributed by atoms with Gasteiger partial charge in [-0.3, -0.25) is 19.0 Å². The van der Waals surface area contributed by atoms with Crippen LogP contribution in [0.25, 0.3) is 67.6 Å². The number of hydrogen-bond acceptors (Lipinski definition) is 8. The van der Waals surface area contributed by atoms with Crippen molar-refractivity contribution in [3.63, 3.8) is 0 Å². The summed E-state index contributed by atoms with van der Waals surface area (Å²) in [5.41, 5.74) is 18.4. The Morgan fingerprint density at radius 2 is 1.09 bits per heavy atom. The standard InChI is InChI=1S/C19H17N5O2.C18H15N5O2.2CH4/c1-24-16(17(26-2)15(23-24)11-6-4-3-5-7-11)19-21-13-9-8-12(18(20)25)10-14(13)22-19;1-23-15(16(24)14(22-23)10-5-3-2-4-6-10)18-20-12-8-7-11(17(19)25)9-13(12)21-18;;/h3-10H,1-2H3,(H2,20,25)(H,21,22);2-9,24H,1H3,(H2,19,25)(H,20,21);2*1H4. The van der Waals surface area contributed by atoms with Crippen molar-refractivity contribution in [2.24, 2.45) is 25.6 Å². The second kappa shape index (κ2) is 14.9. The van der Waals surface area contributed by atoms with E-state index >= 15 is 0 Å². The van der Waals surface area contributed by atoms with Crippen molar-refractivity contribution in [3.05, 3.63) is 108 Å². The molecule has 0 unspecified atom stereocenters. The van der Waals surface area contributed by atoms with Gasteiger partial charge in [0.15, 0.2) is 23.1 Å². The third-order valence-corrected chi connectivity index (χ3v) is 8.31. The quantitative estimate of drug-likeness (QED) is 0.124. The first kappa shape index (κ1) is 37.0. The molecular weight excluding hydrogens is 672 g/mol. The van der Waals surface area contributed by atoms with Crippen molar-refractivity contribution in [1.82, 2.24) is 39.5 Å². The molecule has 0 fully saturated rings. The maximum absolute atomic E-state index is 11.4. The molecule has 8 rings (SSSR count). The number of aromatic nitrogens is 8. The van der Waals surface area contributed by atoms with Gasteiger partial charge in [0.2, 0.25) is 11.8 Å². The molecule has 0 bridgehead atoms. The van der Waals surface area contributed by atoms with Gasteiger partial charge in [-0.25, -0.2) is 9.97 Å². The summed E-state index contributed by atoms with van der Waals surface area (Å²) >= 11 is 0. The summed E-state index contributed by atoms with van der Waals surface area (Å²) in [6, 6.07) is 29.3. The van der Waals surface area contributed by atoms with E-state index in [4.69, 9.17) is 16.2 Å². The fourth-order valence-corrected chi connectivity index (χ4v) is 5.86. The number of methoxy groups -OCH3 is 1. The van der Waals surface area contributed by atoms with Gasteiger partial charge in [0.1, 0.15) is 22.8 Å². The van der Waals surface area contributed by atoms with Crippen LogP contribution in [-0.4, -0.2) is 63.5 Å². The first-order valence-corrected chi connectivity index (χ1v) is 15.7. The summed E-state index contributed by atoms with van der Waals surface area (Å²) in [6.45, 7) is 0. The molecule has 0 aliphatic carbocycles. The van der Waals surface area contributed by atoms with Gasteiger partial charge in [-0.15, -0.1) is 0 Å². The number of benzene rings is 4. The molecule has 0 spiro atoms. The van der Waals surface area contributed by atoms with Gasteiger partial charge in [-0.1, -0.05) is 75.5 Å². The number of fused-ring (bicyclic) bond motifs is 2. The number of hydrogen-bond donors (Lipinski definition) is 5. The van der Waals surface area contributed by atoms with Gasteiger partial charge in [0, 0.05) is 36.3 Å². The van der Waals surface area contributed by atoms with Gasteiger partial charge in [-0.05, 0) is 36.4 Å². The van der Waals surface area contributed by atoms with E-state index in [1.807, 2.05) is 67.7 Å². The number of carbonyl (C=O) groups is 2. The number of aromatic hydroxyl groups is 1. The molecule has 4 aromatic heterocycles. The number of rotatable bonds is 7. The van der Waals surface area contributed by atoms with E-state index in [1.165, 1.54) is 0 Å². The zero-order valence-corrected chi connectivity index (χ0v) is 27.7. The van der Waals surface area contributed by atoms with Crippen LogP contribution in [0.1, 0.15) is 35.6 Å². The Morgan fingerprint density at radius 1 is 0.660 bits per heavy atom. The number of nitrogens with zero attached hydrogens (tertiary/aromatic N) is 6. The average Bonchev–Trinajstić information content (AvgIpc) is 3.90. The molecule has 14 heteroatoms. The Labute approximate surface area is 305 Å². The predicted octanol–water partition coefficient (Wildman–Crippen LogP) is 6.45. The van der Waals surface area contributed by atoms with Crippen LogP contribution in [0.3, 0.4) is 0 Å². The number of primary amides is 2. The van der Waals surface area contributed by atoms with E-state index < -0.39 is 11.8 Å². The maximum Gasteiger partial charge on any atom is 0.248 e. The average molecular weight is 713 g/mol. The molecule has 7 N–H and O–H groups in total. The van der Waals surface area contributed by atoms with Crippen molar-refractivity contribution in [3.8, 4) is 57.1 Å². The van der Waals surface area contributed by atoms with Crippen LogP contribution in [0, 0.1) is 0 Å². The number of ether oxygens (including phenoxy) is 1. The van der Waals surface area contributed by atoms with Crippen LogP contribution < -0.4 is 16.2 Å². The number of imidazole rings is 2. The molecule has 4 heterocycles. The van der Waals surface area contributed by atoms with E-state index in [1.54, 1.807) is 59.9 Å². The minimum atomic E-state index is -0.507. The van der Waals surface area contributed by atoms with E-state index in [0.717, 1.165) is 33.5 Å². The van der Waals surface area contributed by atoms with Gasteiger partial charge in [0.05, 0.1) is 29.2 Å². The lowest BCUT2D eigenvalue weighted by molar-refractivity contribution is 0.0992. The molecule has 0 aliphatic rings. The van der Waals surface area contributed by atoms with E-state index in [-0.39, 0.29) is 20.6 Å². The van der Waals surface area contributed by atoms with Gasteiger partial charge in [0.25, 0.3) is 0 Å². The van der Waals surface area contributed by atoms with Crippen LogP contribution >= 0.6 is 0 Å². The van der Waals surface area contributed by atoms with Crippen molar-refractivity contribution in [2.45, 2.75) is 14.9 Å². The van der Waals surface area contributed by atoms with Crippen LogP contribution in [0.5, 0.6) is 11.5 Å². The van der Waals surface area contributed by atoms with Crippen LogP contribution in [0.4, 0.5) is 0 Å². The SMILES string of the molecule is C.C.COc1c(-c2ccccc2)nn(C)c1-c1nc2ccc(C(N)=O)cc2[nH]1.Cn1nc(-c2ccccc2)c(O)c1-c1nc2ccc(C(N)=O)cc2[nH]1. The van der Waals surface area contributed by atoms with Gasteiger partial charge in [-0.2, -0.15) is 10.2 Å². The minimum Gasteiger partial charge on any atom is -0.504 e. The number of nitrogens with two attached hydrogens (primary N) is 2. The monoisotopic (exact) mass is 712 g/mol. The Kier molecular flexibility index (Phi) is 10.4. The summed E-state index contributed by atoms with van der Waals surface area (Å²) in [6.07, 6.45) is 0. The van der Waals surface area contributed by atoms with Gasteiger partial charge < -0.3 is 31.3 Å². The molecule has 2 amide bonds. The zero-order valence-electron chi connectivity index (χ0n) is 27.7. The highest BCUT2D eigenvalue weighted by Gasteiger charge is 2.23. The molecule has 0 atom stereocenters. The summed E-state index contributed by atoms with van der Waals surface area (Å²) in [5.74, 6) is 0.762. The van der Waals surface area contributed by atoms with Crippen LogP contribution in [0.2, 0.25) is 0 Å². The highest BCUT2D eigenvalue weighted by molar-refractivity contribution is 5.97. The Bertz CT molecular complexity index is 2570. The van der Waals surface area contributed by atoms with Crippen molar-refractivity contribution >= 4 is 33.9 Å². The predicted molar refractivity (Wildman–Crippen MR) is 206 cm³/mol.